The van der Waals surface area contributed by atoms with Gasteiger partial charge in [0.25, 0.3) is 0 Å². The number of benzene rings is 1. The summed E-state index contributed by atoms with van der Waals surface area (Å²) in [4.78, 5) is 13.1. The molecule has 4 nitrogen and oxygen atoms in total. The van der Waals surface area contributed by atoms with E-state index in [1.54, 1.807) is 18.5 Å². The van der Waals surface area contributed by atoms with Gasteiger partial charge >= 0.3 is 6.03 Å². The molecule has 1 N–H and O–H groups in total. The molecule has 1 aromatic carbocycles. The first kappa shape index (κ1) is 18.2. The average Bonchev–Trinajstić information content (AvgIpc) is 2.79. The fraction of sp³-hybridized carbons (Fsp3) is 0. The van der Waals surface area contributed by atoms with Crippen LogP contribution in [0.1, 0.15) is 0 Å². The van der Waals surface area contributed by atoms with Crippen molar-refractivity contribution in [3.8, 4) is 0 Å². The summed E-state index contributed by atoms with van der Waals surface area (Å²) >= 11 is 12.6. The lowest BCUT2D eigenvalue weighted by atomic mass is 10.3. The molecule has 0 bridgehead atoms. The Bertz CT molecular complexity index is 636. The third-order valence-electron chi connectivity index (χ3n) is 2.26. The molecule has 1 amide bonds. The molecule has 110 valence electrons. The summed E-state index contributed by atoms with van der Waals surface area (Å²) < 4.78 is -1.07. The molecule has 0 aliphatic carbocycles. The SMILES string of the molecule is O=C(Nc1ccc(S(I)(I)(I)(I)I)cc1)n1cccn1. The van der Waals surface area contributed by atoms with Crippen LogP contribution >= 0.6 is 100 Å². The van der Waals surface area contributed by atoms with E-state index in [0.29, 0.717) is 0 Å². The minimum Gasteiger partial charge on any atom is -0.306 e. The highest BCUT2D eigenvalue weighted by molar-refractivity contribution is 14.7. The van der Waals surface area contributed by atoms with Gasteiger partial charge in [-0.2, -0.15) is 9.78 Å². The summed E-state index contributed by atoms with van der Waals surface area (Å²) in [5, 5.41) is 6.71. The monoisotopic (exact) mass is 853 g/mol. The molecule has 0 saturated heterocycles. The van der Waals surface area contributed by atoms with E-state index in [-0.39, 0.29) is 6.03 Å². The van der Waals surface area contributed by atoms with E-state index in [9.17, 15) is 4.79 Å². The van der Waals surface area contributed by atoms with Crippen LogP contribution < -0.4 is 5.32 Å². The van der Waals surface area contributed by atoms with Gasteiger partial charge in [-0.1, -0.05) is 0 Å². The first-order valence-corrected chi connectivity index (χ1v) is 20.3. The van der Waals surface area contributed by atoms with Gasteiger partial charge < -0.3 is 5.32 Å². The Balaban J connectivity index is 2.20. The van der Waals surface area contributed by atoms with Gasteiger partial charge in [0.2, 0.25) is 0 Å². The first-order chi connectivity index (χ1) is 8.95. The number of halogens is 5. The molecule has 1 heterocycles. The fourth-order valence-corrected chi connectivity index (χ4v) is 6.42. The molecule has 20 heavy (non-hydrogen) atoms. The van der Waals surface area contributed by atoms with Crippen molar-refractivity contribution in [3.63, 3.8) is 0 Å². The van der Waals surface area contributed by atoms with Crippen molar-refractivity contribution < 1.29 is 4.79 Å². The van der Waals surface area contributed by atoms with E-state index >= 15 is 0 Å². The third-order valence-corrected chi connectivity index (χ3v) is 11.1. The zero-order valence-electron chi connectivity index (χ0n) is 9.64. The molecule has 0 aliphatic heterocycles. The summed E-state index contributed by atoms with van der Waals surface area (Å²) in [5.74, 6) is 0. The molecular formula is C10H8I5N3OS. The molecule has 1 aromatic heterocycles. The van der Waals surface area contributed by atoms with Crippen LogP contribution in [-0.4, -0.2) is 15.8 Å². The van der Waals surface area contributed by atoms with Gasteiger partial charge in [-0.25, -0.2) is 4.79 Å². The maximum atomic E-state index is 11.9. The van der Waals surface area contributed by atoms with Crippen molar-refractivity contribution >= 4 is 112 Å². The number of aromatic nitrogens is 2. The largest absolute Gasteiger partial charge is 0.346 e. The summed E-state index contributed by atoms with van der Waals surface area (Å²) in [5.41, 5.74) is 0.758. The van der Waals surface area contributed by atoms with Crippen LogP contribution in [0.4, 0.5) is 10.5 Å². The van der Waals surface area contributed by atoms with Crippen LogP contribution in [0.2, 0.25) is 0 Å². The lowest BCUT2D eigenvalue weighted by molar-refractivity contribution is 0.251. The van der Waals surface area contributed by atoms with Crippen LogP contribution in [0.5, 0.6) is 0 Å². The minimum atomic E-state index is -2.33. The molecule has 0 saturated carbocycles. The summed E-state index contributed by atoms with van der Waals surface area (Å²) in [6.45, 7) is 0. The van der Waals surface area contributed by atoms with Gasteiger partial charge in [0.15, 0.2) is 0 Å². The molecule has 2 rings (SSSR count). The van der Waals surface area contributed by atoms with Crippen molar-refractivity contribution in [1.29, 1.82) is 0 Å². The van der Waals surface area contributed by atoms with Crippen molar-refractivity contribution in [2.45, 2.75) is 4.90 Å². The molecule has 10 heteroatoms. The molecule has 0 atom stereocenters. The number of hydrogen-bond donors (Lipinski definition) is 1. The van der Waals surface area contributed by atoms with Crippen LogP contribution in [0.15, 0.2) is 47.6 Å². The van der Waals surface area contributed by atoms with Crippen molar-refractivity contribution in [2.75, 3.05) is 5.32 Å². The second-order valence-electron chi connectivity index (χ2n) is 3.87. The van der Waals surface area contributed by atoms with Crippen molar-refractivity contribution in [3.05, 3.63) is 42.7 Å². The van der Waals surface area contributed by atoms with E-state index in [1.807, 2.05) is 12.1 Å². The Labute approximate surface area is 176 Å². The van der Waals surface area contributed by atoms with Gasteiger partial charge in [0.05, 0.1) is 0 Å². The van der Waals surface area contributed by atoms with Gasteiger partial charge in [-0.15, -0.1) is 0 Å². The number of anilines is 1. The van der Waals surface area contributed by atoms with Gasteiger partial charge in [0.1, 0.15) is 0 Å². The Kier molecular flexibility index (Phi) is 5.26. The zero-order chi connectivity index (χ0) is 15.1. The summed E-state index contributed by atoms with van der Waals surface area (Å²) in [7, 11) is 0. The highest BCUT2D eigenvalue weighted by Crippen LogP contribution is 3.21. The predicted octanol–water partition coefficient (Wildman–Crippen LogP) is 6.95. The predicted molar refractivity (Wildman–Crippen MR) is 129 cm³/mol. The molecule has 0 aliphatic rings. The Morgan fingerprint density at radius 1 is 1.10 bits per heavy atom. The number of amides is 1. The quantitative estimate of drug-likeness (QED) is 0.333. The molecule has 0 spiro atoms. The maximum absolute atomic E-state index is 11.9. The van der Waals surface area contributed by atoms with Crippen LogP contribution in [0.3, 0.4) is 0 Å². The number of carbonyl (C=O) groups excluding carboxylic acids is 1. The third kappa shape index (κ3) is 5.22. The van der Waals surface area contributed by atoms with Crippen LogP contribution in [-0.2, 0) is 0 Å². The average molecular weight is 853 g/mol. The molecule has 0 fully saturated rings. The summed E-state index contributed by atoms with van der Waals surface area (Å²) in [6.07, 6.45) is 3.19. The summed E-state index contributed by atoms with van der Waals surface area (Å²) in [6, 6.07) is 9.41. The second kappa shape index (κ2) is 5.76. The number of hydrogen-bond acceptors (Lipinski definition) is 2. The van der Waals surface area contributed by atoms with E-state index in [4.69, 9.17) is 0 Å². The maximum Gasteiger partial charge on any atom is 0.346 e. The number of rotatable bonds is 2. The van der Waals surface area contributed by atoms with E-state index in [2.05, 4.69) is 129 Å². The highest BCUT2D eigenvalue weighted by atomic mass is 127. The van der Waals surface area contributed by atoms with Gasteiger partial charge in [-0.05, 0) is 131 Å². The first-order valence-electron chi connectivity index (χ1n) is 5.11. The standard InChI is InChI=1S/C10H8I5N3OS/c11-20(12,13,14,15)9-4-2-8(3-5-9)17-10(19)18-7-1-6-16-18/h1-7H,(H,17,19). The Morgan fingerprint density at radius 3 is 2.15 bits per heavy atom. The Hall–Kier alpha value is 1.90. The smallest absolute Gasteiger partial charge is 0.306 e. The fourth-order valence-electron chi connectivity index (χ4n) is 1.37. The van der Waals surface area contributed by atoms with E-state index in [1.165, 1.54) is 9.58 Å². The minimum absolute atomic E-state index is 0.267. The topological polar surface area (TPSA) is 46.9 Å². The lowest BCUT2D eigenvalue weighted by Gasteiger charge is -2.53. The highest BCUT2D eigenvalue weighted by Gasteiger charge is 2.50. The molecule has 0 unspecified atom stereocenters. The van der Waals surface area contributed by atoms with Gasteiger partial charge in [-0.3, -0.25) is 0 Å². The normalized spacial score (nSPS) is 15.2. The molecule has 2 aromatic rings. The lowest BCUT2D eigenvalue weighted by Crippen LogP contribution is -2.19. The van der Waals surface area contributed by atoms with E-state index in [0.717, 1.165) is 5.69 Å². The molecule has 0 radical (unpaired) electrons. The zero-order valence-corrected chi connectivity index (χ0v) is 21.2. The Morgan fingerprint density at radius 2 is 1.70 bits per heavy atom. The van der Waals surface area contributed by atoms with Crippen LogP contribution in [0, 0.1) is 0 Å². The van der Waals surface area contributed by atoms with Crippen molar-refractivity contribution in [2.24, 2.45) is 0 Å². The number of nitrogens with zero attached hydrogens (tertiary/aromatic N) is 2. The molecular weight excluding hydrogens is 845 g/mol. The van der Waals surface area contributed by atoms with Gasteiger partial charge in [0, 0.05) is 23.0 Å². The second-order valence-corrected chi connectivity index (χ2v) is 89.9. The van der Waals surface area contributed by atoms with Crippen molar-refractivity contribution in [1.82, 2.24) is 9.78 Å². The van der Waals surface area contributed by atoms with Crippen LogP contribution in [0.25, 0.3) is 0 Å². The number of nitrogens with one attached hydrogen (secondary N) is 1. The number of carbonyl (C=O) groups is 1. The van der Waals surface area contributed by atoms with E-state index < -0.39 is -5.85 Å².